The van der Waals surface area contributed by atoms with E-state index in [1.54, 1.807) is 6.92 Å². The van der Waals surface area contributed by atoms with Crippen LogP contribution in [0.5, 0.6) is 0 Å². The highest BCUT2D eigenvalue weighted by atomic mass is 16.4. The summed E-state index contributed by atoms with van der Waals surface area (Å²) in [5.74, 6) is -1.44. The van der Waals surface area contributed by atoms with E-state index < -0.39 is 24.0 Å². The molecule has 0 aliphatic heterocycles. The third-order valence-corrected chi connectivity index (χ3v) is 2.04. The van der Waals surface area contributed by atoms with Crippen molar-refractivity contribution in [2.75, 3.05) is 0 Å². The summed E-state index contributed by atoms with van der Waals surface area (Å²) in [5.41, 5.74) is 5.56. The zero-order chi connectivity index (χ0) is 11.3. The molecule has 1 amide bonds. The van der Waals surface area contributed by atoms with Crippen LogP contribution < -0.4 is 11.1 Å². The third-order valence-electron chi connectivity index (χ3n) is 2.04. The Balaban J connectivity index is 4.22. The number of carboxylic acid groups (broad SMARTS) is 1. The molecule has 0 saturated heterocycles. The average molecular weight is 202 g/mol. The van der Waals surface area contributed by atoms with Crippen molar-refractivity contribution in [3.05, 3.63) is 0 Å². The van der Waals surface area contributed by atoms with Crippen LogP contribution in [0.15, 0.2) is 0 Å². The summed E-state index contributed by atoms with van der Waals surface area (Å²) in [6.45, 7) is 5.32. The van der Waals surface area contributed by atoms with Gasteiger partial charge in [-0.05, 0) is 12.3 Å². The number of amides is 1. The minimum absolute atomic E-state index is 0.00120. The second kappa shape index (κ2) is 5.59. The van der Waals surface area contributed by atoms with Crippen molar-refractivity contribution in [3.8, 4) is 0 Å². The van der Waals surface area contributed by atoms with E-state index in [4.69, 9.17) is 10.8 Å². The maximum Gasteiger partial charge on any atom is 0.326 e. The van der Waals surface area contributed by atoms with E-state index in [-0.39, 0.29) is 5.92 Å². The van der Waals surface area contributed by atoms with Crippen molar-refractivity contribution in [1.29, 1.82) is 0 Å². The molecular weight excluding hydrogens is 184 g/mol. The van der Waals surface area contributed by atoms with Crippen LogP contribution in [0.25, 0.3) is 0 Å². The van der Waals surface area contributed by atoms with Crippen molar-refractivity contribution in [1.82, 2.24) is 5.32 Å². The van der Waals surface area contributed by atoms with Crippen LogP contribution in [0, 0.1) is 5.92 Å². The highest BCUT2D eigenvalue weighted by molar-refractivity contribution is 5.86. The lowest BCUT2D eigenvalue weighted by molar-refractivity contribution is -0.142. The lowest BCUT2D eigenvalue weighted by Gasteiger charge is -2.18. The van der Waals surface area contributed by atoms with Gasteiger partial charge in [-0.25, -0.2) is 4.79 Å². The summed E-state index contributed by atoms with van der Waals surface area (Å²) in [5, 5.41) is 11.1. The molecule has 0 bridgehead atoms. The summed E-state index contributed by atoms with van der Waals surface area (Å²) in [6.07, 6.45) is 0.353. The van der Waals surface area contributed by atoms with Crippen molar-refractivity contribution in [2.45, 2.75) is 39.3 Å². The van der Waals surface area contributed by atoms with Gasteiger partial charge in [0.25, 0.3) is 0 Å². The van der Waals surface area contributed by atoms with E-state index in [9.17, 15) is 9.59 Å². The molecule has 82 valence electrons. The Morgan fingerprint density at radius 3 is 2.21 bits per heavy atom. The molecule has 0 rings (SSSR count). The fourth-order valence-corrected chi connectivity index (χ4v) is 0.909. The zero-order valence-electron chi connectivity index (χ0n) is 8.78. The number of nitrogens with two attached hydrogens (primary N) is 1. The predicted molar refractivity (Wildman–Crippen MR) is 52.7 cm³/mol. The van der Waals surface area contributed by atoms with E-state index >= 15 is 0 Å². The topological polar surface area (TPSA) is 92.4 Å². The van der Waals surface area contributed by atoms with Gasteiger partial charge < -0.3 is 16.2 Å². The normalized spacial score (nSPS) is 14.9. The molecule has 0 aliphatic rings. The standard InChI is InChI=1S/C9H18N2O3/c1-4-6(9(13)14)11-8(12)7(10)5(2)3/h5-7H,4,10H2,1-3H3,(H,11,12)(H,13,14)/t6-,7-/m0/s1. The fourth-order valence-electron chi connectivity index (χ4n) is 0.909. The largest absolute Gasteiger partial charge is 0.480 e. The summed E-state index contributed by atoms with van der Waals surface area (Å²) in [4.78, 5) is 22.0. The number of carbonyl (C=O) groups is 2. The van der Waals surface area contributed by atoms with Crippen LogP contribution in [0.4, 0.5) is 0 Å². The molecule has 4 N–H and O–H groups in total. The fraction of sp³-hybridized carbons (Fsp3) is 0.778. The molecular formula is C9H18N2O3. The highest BCUT2D eigenvalue weighted by Crippen LogP contribution is 1.99. The Morgan fingerprint density at radius 2 is 1.93 bits per heavy atom. The molecule has 0 radical (unpaired) electrons. The SMILES string of the molecule is CC[C@H](NC(=O)[C@@H](N)C(C)C)C(=O)O. The van der Waals surface area contributed by atoms with Gasteiger partial charge in [0.2, 0.25) is 5.91 Å². The Hall–Kier alpha value is -1.10. The van der Waals surface area contributed by atoms with Gasteiger partial charge in [0.05, 0.1) is 6.04 Å². The van der Waals surface area contributed by atoms with Crippen LogP contribution in [-0.4, -0.2) is 29.1 Å². The second-order valence-electron chi connectivity index (χ2n) is 3.58. The van der Waals surface area contributed by atoms with Gasteiger partial charge in [-0.15, -0.1) is 0 Å². The molecule has 0 aromatic heterocycles. The van der Waals surface area contributed by atoms with Crippen LogP contribution in [0.2, 0.25) is 0 Å². The van der Waals surface area contributed by atoms with E-state index in [0.29, 0.717) is 6.42 Å². The molecule has 0 aromatic carbocycles. The van der Waals surface area contributed by atoms with Crippen LogP contribution in [0.3, 0.4) is 0 Å². The Bertz CT molecular complexity index is 216. The van der Waals surface area contributed by atoms with Gasteiger partial charge in [0.1, 0.15) is 6.04 Å². The molecule has 5 nitrogen and oxygen atoms in total. The maximum absolute atomic E-state index is 11.4. The monoisotopic (exact) mass is 202 g/mol. The van der Waals surface area contributed by atoms with E-state index in [1.807, 2.05) is 13.8 Å². The average Bonchev–Trinajstić information content (AvgIpc) is 2.11. The molecule has 0 saturated carbocycles. The number of rotatable bonds is 5. The minimum atomic E-state index is -1.03. The number of hydrogen-bond acceptors (Lipinski definition) is 3. The van der Waals surface area contributed by atoms with Gasteiger partial charge in [0.15, 0.2) is 0 Å². The van der Waals surface area contributed by atoms with E-state index in [0.717, 1.165) is 0 Å². The molecule has 0 spiro atoms. The van der Waals surface area contributed by atoms with E-state index in [1.165, 1.54) is 0 Å². The molecule has 14 heavy (non-hydrogen) atoms. The Kier molecular flexibility index (Phi) is 5.15. The number of nitrogens with one attached hydrogen (secondary N) is 1. The minimum Gasteiger partial charge on any atom is -0.480 e. The number of carboxylic acids is 1. The Labute approximate surface area is 83.7 Å². The molecule has 5 heteroatoms. The first kappa shape index (κ1) is 12.9. The van der Waals surface area contributed by atoms with Gasteiger partial charge >= 0.3 is 5.97 Å². The Morgan fingerprint density at radius 1 is 1.43 bits per heavy atom. The molecule has 2 atom stereocenters. The molecule has 0 aromatic rings. The lowest BCUT2D eigenvalue weighted by atomic mass is 10.0. The van der Waals surface area contributed by atoms with Crippen LogP contribution in [-0.2, 0) is 9.59 Å². The van der Waals surface area contributed by atoms with Crippen molar-refractivity contribution >= 4 is 11.9 Å². The quantitative estimate of drug-likeness (QED) is 0.582. The molecule has 0 aliphatic carbocycles. The summed E-state index contributed by atoms with van der Waals surface area (Å²) in [7, 11) is 0. The third kappa shape index (κ3) is 3.74. The maximum atomic E-state index is 11.4. The van der Waals surface area contributed by atoms with Crippen molar-refractivity contribution < 1.29 is 14.7 Å². The van der Waals surface area contributed by atoms with Crippen LogP contribution in [0.1, 0.15) is 27.2 Å². The number of hydrogen-bond donors (Lipinski definition) is 3. The first-order chi connectivity index (χ1) is 6.40. The smallest absolute Gasteiger partial charge is 0.326 e. The van der Waals surface area contributed by atoms with Gasteiger partial charge in [-0.3, -0.25) is 4.79 Å². The van der Waals surface area contributed by atoms with E-state index in [2.05, 4.69) is 5.32 Å². The highest BCUT2D eigenvalue weighted by Gasteiger charge is 2.23. The van der Waals surface area contributed by atoms with Gasteiger partial charge in [0, 0.05) is 0 Å². The second-order valence-corrected chi connectivity index (χ2v) is 3.58. The lowest BCUT2D eigenvalue weighted by Crippen LogP contribution is -2.50. The first-order valence-electron chi connectivity index (χ1n) is 4.68. The molecule has 0 fully saturated rings. The van der Waals surface area contributed by atoms with Crippen molar-refractivity contribution in [3.63, 3.8) is 0 Å². The number of carbonyl (C=O) groups excluding carboxylic acids is 1. The predicted octanol–water partition coefficient (Wildman–Crippen LogP) is -0.0509. The summed E-state index contributed by atoms with van der Waals surface area (Å²) >= 11 is 0. The van der Waals surface area contributed by atoms with Crippen LogP contribution >= 0.6 is 0 Å². The van der Waals surface area contributed by atoms with Gasteiger partial charge in [-0.1, -0.05) is 20.8 Å². The summed E-state index contributed by atoms with van der Waals surface area (Å²) < 4.78 is 0. The van der Waals surface area contributed by atoms with Gasteiger partial charge in [-0.2, -0.15) is 0 Å². The van der Waals surface area contributed by atoms with Crippen molar-refractivity contribution in [2.24, 2.45) is 11.7 Å². The molecule has 0 heterocycles. The summed E-state index contributed by atoms with van der Waals surface area (Å²) in [6, 6.07) is -1.49. The number of aliphatic carboxylic acids is 1. The molecule has 0 unspecified atom stereocenters. The zero-order valence-corrected chi connectivity index (χ0v) is 8.78. The first-order valence-corrected chi connectivity index (χ1v) is 4.68.